The van der Waals surface area contributed by atoms with Gasteiger partial charge in [0, 0.05) is 17.5 Å². The van der Waals surface area contributed by atoms with Crippen molar-refractivity contribution >= 4 is 0 Å². The molecule has 2 atom stereocenters. The van der Waals surface area contributed by atoms with Crippen molar-refractivity contribution in [1.82, 2.24) is 5.32 Å². The van der Waals surface area contributed by atoms with E-state index in [1.165, 1.54) is 32.1 Å². The standard InChI is InChI=1S/C17H35NO/c1-7-14-10-8-9-11-15(14)19-13-17(5,6)12-18-16(2,3)4/h14-15,18H,7-13H2,1-6H3. The molecule has 19 heavy (non-hydrogen) atoms. The molecule has 0 heterocycles. The zero-order valence-corrected chi connectivity index (χ0v) is 14.0. The third kappa shape index (κ3) is 6.76. The van der Waals surface area contributed by atoms with Gasteiger partial charge in [0.2, 0.25) is 0 Å². The van der Waals surface area contributed by atoms with Gasteiger partial charge in [-0.2, -0.15) is 0 Å². The Kier molecular flexibility index (Phi) is 6.32. The minimum absolute atomic E-state index is 0.189. The summed E-state index contributed by atoms with van der Waals surface area (Å²) in [5.74, 6) is 0.792. The zero-order valence-electron chi connectivity index (χ0n) is 14.0. The highest BCUT2D eigenvalue weighted by Crippen LogP contribution is 2.30. The molecule has 1 saturated carbocycles. The molecular formula is C17H35NO. The summed E-state index contributed by atoms with van der Waals surface area (Å²) in [6.07, 6.45) is 7.15. The van der Waals surface area contributed by atoms with Gasteiger partial charge < -0.3 is 10.1 Å². The zero-order chi connectivity index (χ0) is 14.5. The fraction of sp³-hybridized carbons (Fsp3) is 1.00. The van der Waals surface area contributed by atoms with E-state index < -0.39 is 0 Å². The number of ether oxygens (including phenoxy) is 1. The van der Waals surface area contributed by atoms with Crippen LogP contribution in [0.15, 0.2) is 0 Å². The Morgan fingerprint density at radius 2 is 1.68 bits per heavy atom. The first kappa shape index (κ1) is 17.0. The van der Waals surface area contributed by atoms with Crippen LogP contribution in [0, 0.1) is 11.3 Å². The van der Waals surface area contributed by atoms with Crippen LogP contribution in [0.5, 0.6) is 0 Å². The van der Waals surface area contributed by atoms with Crippen LogP contribution < -0.4 is 5.32 Å². The van der Waals surface area contributed by atoms with Crippen molar-refractivity contribution in [1.29, 1.82) is 0 Å². The van der Waals surface area contributed by atoms with Crippen LogP contribution in [0.4, 0.5) is 0 Å². The van der Waals surface area contributed by atoms with Crippen LogP contribution >= 0.6 is 0 Å². The van der Waals surface area contributed by atoms with Crippen molar-refractivity contribution in [3.05, 3.63) is 0 Å². The SMILES string of the molecule is CCC1CCCCC1OCC(C)(C)CNC(C)(C)C. The van der Waals surface area contributed by atoms with Crippen LogP contribution in [0.2, 0.25) is 0 Å². The first-order valence-corrected chi connectivity index (χ1v) is 8.10. The van der Waals surface area contributed by atoms with Crippen LogP contribution in [0.1, 0.15) is 73.6 Å². The Labute approximate surface area is 120 Å². The van der Waals surface area contributed by atoms with Gasteiger partial charge in [-0.3, -0.25) is 0 Å². The second kappa shape index (κ2) is 7.08. The molecule has 1 N–H and O–H groups in total. The third-order valence-corrected chi connectivity index (χ3v) is 4.15. The predicted molar refractivity (Wildman–Crippen MR) is 83.5 cm³/mol. The summed E-state index contributed by atoms with van der Waals surface area (Å²) in [4.78, 5) is 0. The van der Waals surface area contributed by atoms with E-state index in [0.29, 0.717) is 6.10 Å². The average molecular weight is 269 g/mol. The second-order valence-corrected chi connectivity index (χ2v) is 8.07. The normalized spacial score (nSPS) is 25.6. The van der Waals surface area contributed by atoms with E-state index in [1.54, 1.807) is 0 Å². The van der Waals surface area contributed by atoms with Gasteiger partial charge in [-0.25, -0.2) is 0 Å². The Bertz CT molecular complexity index is 254. The van der Waals surface area contributed by atoms with Crippen molar-refractivity contribution in [3.63, 3.8) is 0 Å². The molecule has 0 aliphatic heterocycles. The lowest BCUT2D eigenvalue weighted by Gasteiger charge is -2.35. The second-order valence-electron chi connectivity index (χ2n) is 8.07. The van der Waals surface area contributed by atoms with Gasteiger partial charge in [-0.1, -0.05) is 40.0 Å². The van der Waals surface area contributed by atoms with Gasteiger partial charge in [-0.05, 0) is 39.5 Å². The van der Waals surface area contributed by atoms with Gasteiger partial charge in [0.05, 0.1) is 12.7 Å². The summed E-state index contributed by atoms with van der Waals surface area (Å²) in [6, 6.07) is 0. The first-order chi connectivity index (χ1) is 8.73. The third-order valence-electron chi connectivity index (χ3n) is 4.15. The summed E-state index contributed by atoms with van der Waals surface area (Å²) in [6.45, 7) is 15.5. The average Bonchev–Trinajstić information content (AvgIpc) is 2.34. The largest absolute Gasteiger partial charge is 0.377 e. The Morgan fingerprint density at radius 3 is 2.26 bits per heavy atom. The van der Waals surface area contributed by atoms with E-state index >= 15 is 0 Å². The fourth-order valence-electron chi connectivity index (χ4n) is 2.75. The van der Waals surface area contributed by atoms with Gasteiger partial charge in [-0.15, -0.1) is 0 Å². The monoisotopic (exact) mass is 269 g/mol. The van der Waals surface area contributed by atoms with Gasteiger partial charge in [0.25, 0.3) is 0 Å². The van der Waals surface area contributed by atoms with E-state index in [4.69, 9.17) is 4.74 Å². The minimum Gasteiger partial charge on any atom is -0.377 e. The van der Waals surface area contributed by atoms with Crippen LogP contribution in [0.3, 0.4) is 0 Å². The maximum atomic E-state index is 6.28. The molecule has 0 radical (unpaired) electrons. The first-order valence-electron chi connectivity index (χ1n) is 8.10. The molecule has 1 aliphatic rings. The highest BCUT2D eigenvalue weighted by molar-refractivity contribution is 4.80. The van der Waals surface area contributed by atoms with Crippen LogP contribution in [-0.4, -0.2) is 24.8 Å². The van der Waals surface area contributed by atoms with Crippen LogP contribution in [-0.2, 0) is 4.74 Å². The highest BCUT2D eigenvalue weighted by Gasteiger charge is 2.28. The van der Waals surface area contributed by atoms with Gasteiger partial charge in [0.15, 0.2) is 0 Å². The molecular weight excluding hydrogens is 234 g/mol. The van der Waals surface area contributed by atoms with E-state index in [1.807, 2.05) is 0 Å². The molecule has 2 heteroatoms. The summed E-state index contributed by atoms with van der Waals surface area (Å²) in [5, 5.41) is 3.60. The summed E-state index contributed by atoms with van der Waals surface area (Å²) < 4.78 is 6.28. The number of hydrogen-bond donors (Lipinski definition) is 1. The van der Waals surface area contributed by atoms with E-state index in [2.05, 4.69) is 46.9 Å². The van der Waals surface area contributed by atoms with Crippen molar-refractivity contribution in [2.75, 3.05) is 13.2 Å². The Hall–Kier alpha value is -0.0800. The van der Waals surface area contributed by atoms with Crippen molar-refractivity contribution in [2.24, 2.45) is 11.3 Å². The molecule has 0 amide bonds. The topological polar surface area (TPSA) is 21.3 Å². The van der Waals surface area contributed by atoms with E-state index in [-0.39, 0.29) is 11.0 Å². The molecule has 0 spiro atoms. The molecule has 0 aromatic carbocycles. The van der Waals surface area contributed by atoms with Crippen molar-refractivity contribution < 1.29 is 4.74 Å². The van der Waals surface area contributed by atoms with Gasteiger partial charge >= 0.3 is 0 Å². The maximum absolute atomic E-state index is 6.28. The lowest BCUT2D eigenvalue weighted by molar-refractivity contribution is -0.0462. The molecule has 1 aliphatic carbocycles. The van der Waals surface area contributed by atoms with E-state index in [9.17, 15) is 0 Å². The molecule has 1 rings (SSSR count). The molecule has 0 aromatic rings. The van der Waals surface area contributed by atoms with Gasteiger partial charge in [0.1, 0.15) is 0 Å². The van der Waals surface area contributed by atoms with E-state index in [0.717, 1.165) is 19.1 Å². The Morgan fingerprint density at radius 1 is 1.05 bits per heavy atom. The molecule has 0 saturated heterocycles. The quantitative estimate of drug-likeness (QED) is 0.772. The fourth-order valence-corrected chi connectivity index (χ4v) is 2.75. The predicted octanol–water partition coefficient (Wildman–Crippen LogP) is 4.39. The number of rotatable bonds is 6. The molecule has 1 fully saturated rings. The highest BCUT2D eigenvalue weighted by atomic mass is 16.5. The lowest BCUT2D eigenvalue weighted by Crippen LogP contribution is -2.44. The van der Waals surface area contributed by atoms with Crippen molar-refractivity contribution in [3.8, 4) is 0 Å². The van der Waals surface area contributed by atoms with Crippen molar-refractivity contribution in [2.45, 2.75) is 85.3 Å². The molecule has 114 valence electrons. The number of hydrogen-bond acceptors (Lipinski definition) is 2. The Balaban J connectivity index is 2.36. The molecule has 2 nitrogen and oxygen atoms in total. The smallest absolute Gasteiger partial charge is 0.0603 e. The summed E-state index contributed by atoms with van der Waals surface area (Å²) >= 11 is 0. The molecule has 0 aromatic heterocycles. The molecule has 0 bridgehead atoms. The molecule has 2 unspecified atom stereocenters. The summed E-state index contributed by atoms with van der Waals surface area (Å²) in [7, 11) is 0. The van der Waals surface area contributed by atoms with Crippen LogP contribution in [0.25, 0.3) is 0 Å². The number of nitrogens with one attached hydrogen (secondary N) is 1. The lowest BCUT2D eigenvalue weighted by atomic mass is 9.84. The maximum Gasteiger partial charge on any atom is 0.0603 e. The minimum atomic E-state index is 0.189. The summed E-state index contributed by atoms with van der Waals surface area (Å²) in [5.41, 5.74) is 0.400.